The zero-order chi connectivity index (χ0) is 16.2. The minimum Gasteiger partial charge on any atom is -0.331 e. The number of benzene rings is 2. The predicted octanol–water partition coefficient (Wildman–Crippen LogP) is 5.21. The maximum Gasteiger partial charge on any atom is 0.319 e. The molecule has 1 unspecified atom stereocenters. The lowest BCUT2D eigenvalue weighted by Gasteiger charge is -2.20. The van der Waals surface area contributed by atoms with E-state index >= 15 is 0 Å². The molecule has 2 aromatic rings. The molecule has 0 heterocycles. The van der Waals surface area contributed by atoms with E-state index in [1.165, 1.54) is 30.4 Å². The number of carbonyl (C=O) groups excluding carboxylic acids is 1. The van der Waals surface area contributed by atoms with E-state index in [-0.39, 0.29) is 12.1 Å². The van der Waals surface area contributed by atoms with Gasteiger partial charge in [0.15, 0.2) is 0 Å². The van der Waals surface area contributed by atoms with Gasteiger partial charge in [0, 0.05) is 4.47 Å². The summed E-state index contributed by atoms with van der Waals surface area (Å²) < 4.78 is 0.872. The Morgan fingerprint density at radius 1 is 1.09 bits per heavy atom. The van der Waals surface area contributed by atoms with Gasteiger partial charge in [-0.3, -0.25) is 0 Å². The van der Waals surface area contributed by atoms with Gasteiger partial charge in [-0.15, -0.1) is 0 Å². The SMILES string of the molecule is CC(NC(=O)Nc1ccccc1Br)c1ccc2c(c1)CCCC2. The van der Waals surface area contributed by atoms with E-state index in [4.69, 9.17) is 0 Å². The predicted molar refractivity (Wildman–Crippen MR) is 97.8 cm³/mol. The fourth-order valence-electron chi connectivity index (χ4n) is 3.02. The van der Waals surface area contributed by atoms with Crippen molar-refractivity contribution in [3.05, 3.63) is 63.6 Å². The van der Waals surface area contributed by atoms with E-state index in [0.717, 1.165) is 22.1 Å². The highest BCUT2D eigenvalue weighted by Crippen LogP contribution is 2.25. The Labute approximate surface area is 145 Å². The average Bonchev–Trinajstić information content (AvgIpc) is 2.56. The number of aryl methyl sites for hydroxylation is 2. The van der Waals surface area contributed by atoms with E-state index in [0.29, 0.717) is 0 Å². The summed E-state index contributed by atoms with van der Waals surface area (Å²) in [5, 5.41) is 5.88. The molecule has 120 valence electrons. The Morgan fingerprint density at radius 3 is 2.61 bits per heavy atom. The molecule has 0 aromatic heterocycles. The molecule has 0 saturated heterocycles. The molecule has 1 aliphatic rings. The molecule has 0 aliphatic heterocycles. The lowest BCUT2D eigenvalue weighted by molar-refractivity contribution is 0.249. The topological polar surface area (TPSA) is 41.1 Å². The molecular weight excluding hydrogens is 352 g/mol. The summed E-state index contributed by atoms with van der Waals surface area (Å²) in [7, 11) is 0. The van der Waals surface area contributed by atoms with Crippen LogP contribution >= 0.6 is 15.9 Å². The molecule has 3 rings (SSSR count). The van der Waals surface area contributed by atoms with Gasteiger partial charge in [0.2, 0.25) is 0 Å². The van der Waals surface area contributed by atoms with E-state index in [2.05, 4.69) is 44.8 Å². The van der Waals surface area contributed by atoms with Crippen molar-refractivity contribution in [1.29, 1.82) is 0 Å². The van der Waals surface area contributed by atoms with E-state index in [1.807, 2.05) is 31.2 Å². The maximum absolute atomic E-state index is 12.2. The number of amides is 2. The molecule has 23 heavy (non-hydrogen) atoms. The van der Waals surface area contributed by atoms with Gasteiger partial charge in [0.05, 0.1) is 11.7 Å². The number of halogens is 1. The molecule has 0 bridgehead atoms. The first-order valence-corrected chi connectivity index (χ1v) is 8.86. The van der Waals surface area contributed by atoms with Gasteiger partial charge < -0.3 is 10.6 Å². The number of rotatable bonds is 3. The minimum absolute atomic E-state index is 0.0234. The molecule has 0 radical (unpaired) electrons. The van der Waals surface area contributed by atoms with Crippen molar-refractivity contribution in [2.45, 2.75) is 38.6 Å². The number of anilines is 1. The Morgan fingerprint density at radius 2 is 1.83 bits per heavy atom. The summed E-state index contributed by atoms with van der Waals surface area (Å²) in [6, 6.07) is 14.0. The van der Waals surface area contributed by atoms with Crippen LogP contribution in [0, 0.1) is 0 Å². The molecule has 2 aromatic carbocycles. The van der Waals surface area contributed by atoms with Gasteiger partial charge in [-0.1, -0.05) is 30.3 Å². The highest BCUT2D eigenvalue weighted by Gasteiger charge is 2.14. The third kappa shape index (κ3) is 3.94. The van der Waals surface area contributed by atoms with Gasteiger partial charge in [0.1, 0.15) is 0 Å². The number of carbonyl (C=O) groups is 1. The molecule has 0 fully saturated rings. The van der Waals surface area contributed by atoms with Crippen molar-refractivity contribution in [1.82, 2.24) is 5.32 Å². The standard InChI is InChI=1S/C19H21BrN2O/c1-13(15-11-10-14-6-2-3-7-16(14)12-15)21-19(23)22-18-9-5-4-8-17(18)20/h4-5,8-13H,2-3,6-7H2,1H3,(H2,21,22,23). The van der Waals surface area contributed by atoms with Crippen molar-refractivity contribution in [3.8, 4) is 0 Å². The molecule has 2 N–H and O–H groups in total. The van der Waals surface area contributed by atoms with Crippen molar-refractivity contribution >= 4 is 27.6 Å². The van der Waals surface area contributed by atoms with Crippen molar-refractivity contribution in [2.24, 2.45) is 0 Å². The third-order valence-electron chi connectivity index (χ3n) is 4.34. The van der Waals surface area contributed by atoms with Crippen molar-refractivity contribution < 1.29 is 4.79 Å². The Hall–Kier alpha value is -1.81. The van der Waals surface area contributed by atoms with E-state index < -0.39 is 0 Å². The summed E-state index contributed by atoms with van der Waals surface area (Å²) in [6.07, 6.45) is 4.88. The summed E-state index contributed by atoms with van der Waals surface area (Å²) in [5.41, 5.74) is 4.83. The largest absolute Gasteiger partial charge is 0.331 e. The quantitative estimate of drug-likeness (QED) is 0.762. The second-order valence-electron chi connectivity index (χ2n) is 6.04. The molecular formula is C19H21BrN2O. The first-order valence-electron chi connectivity index (χ1n) is 8.07. The van der Waals surface area contributed by atoms with Gasteiger partial charge in [0.25, 0.3) is 0 Å². The van der Waals surface area contributed by atoms with Crippen LogP contribution in [0.1, 0.15) is 42.5 Å². The Kier molecular flexibility index (Phi) is 5.01. The Balaban J connectivity index is 1.65. The fraction of sp³-hybridized carbons (Fsp3) is 0.316. The molecule has 1 atom stereocenters. The minimum atomic E-state index is -0.192. The van der Waals surface area contributed by atoms with Crippen molar-refractivity contribution in [2.75, 3.05) is 5.32 Å². The first kappa shape index (κ1) is 16.1. The zero-order valence-corrected chi connectivity index (χ0v) is 14.8. The monoisotopic (exact) mass is 372 g/mol. The highest BCUT2D eigenvalue weighted by atomic mass is 79.9. The number of hydrogen-bond donors (Lipinski definition) is 2. The number of para-hydroxylation sites is 1. The summed E-state index contributed by atoms with van der Waals surface area (Å²) in [4.78, 5) is 12.2. The first-order chi connectivity index (χ1) is 11.1. The van der Waals surface area contributed by atoms with E-state index in [1.54, 1.807) is 0 Å². The van der Waals surface area contributed by atoms with Crippen LogP contribution in [0.4, 0.5) is 10.5 Å². The average molecular weight is 373 g/mol. The number of hydrogen-bond acceptors (Lipinski definition) is 1. The number of urea groups is 1. The lowest BCUT2D eigenvalue weighted by Crippen LogP contribution is -2.31. The molecule has 1 aliphatic carbocycles. The van der Waals surface area contributed by atoms with Crippen LogP contribution in [-0.4, -0.2) is 6.03 Å². The second-order valence-corrected chi connectivity index (χ2v) is 6.89. The molecule has 0 saturated carbocycles. The lowest BCUT2D eigenvalue weighted by atomic mass is 9.89. The molecule has 4 heteroatoms. The van der Waals surface area contributed by atoms with Gasteiger partial charge in [-0.2, -0.15) is 0 Å². The van der Waals surface area contributed by atoms with Gasteiger partial charge in [-0.25, -0.2) is 4.79 Å². The highest BCUT2D eigenvalue weighted by molar-refractivity contribution is 9.10. The van der Waals surface area contributed by atoms with Crippen LogP contribution < -0.4 is 10.6 Å². The van der Waals surface area contributed by atoms with Crippen LogP contribution in [0.15, 0.2) is 46.9 Å². The maximum atomic E-state index is 12.2. The van der Waals surface area contributed by atoms with Crippen LogP contribution in [0.25, 0.3) is 0 Å². The van der Waals surface area contributed by atoms with Gasteiger partial charge in [-0.05, 0) is 77.4 Å². The molecule has 2 amide bonds. The smallest absolute Gasteiger partial charge is 0.319 e. The van der Waals surface area contributed by atoms with Gasteiger partial charge >= 0.3 is 6.03 Å². The molecule has 0 spiro atoms. The number of fused-ring (bicyclic) bond motifs is 1. The normalized spacial score (nSPS) is 14.7. The second kappa shape index (κ2) is 7.18. The van der Waals surface area contributed by atoms with Crippen LogP contribution in [0.5, 0.6) is 0 Å². The summed E-state index contributed by atoms with van der Waals surface area (Å²) in [5.74, 6) is 0. The van der Waals surface area contributed by atoms with Crippen LogP contribution in [0.2, 0.25) is 0 Å². The van der Waals surface area contributed by atoms with Crippen molar-refractivity contribution in [3.63, 3.8) is 0 Å². The zero-order valence-electron chi connectivity index (χ0n) is 13.2. The van der Waals surface area contributed by atoms with Crippen LogP contribution in [-0.2, 0) is 12.8 Å². The fourth-order valence-corrected chi connectivity index (χ4v) is 3.41. The molecule has 3 nitrogen and oxygen atoms in total. The summed E-state index contributed by atoms with van der Waals surface area (Å²) in [6.45, 7) is 2.02. The van der Waals surface area contributed by atoms with Crippen LogP contribution in [0.3, 0.4) is 0 Å². The number of nitrogens with one attached hydrogen (secondary N) is 2. The Bertz CT molecular complexity index is 714. The third-order valence-corrected chi connectivity index (χ3v) is 5.03. The van der Waals surface area contributed by atoms with E-state index in [9.17, 15) is 4.79 Å². The summed E-state index contributed by atoms with van der Waals surface area (Å²) >= 11 is 3.43.